The summed E-state index contributed by atoms with van der Waals surface area (Å²) in [6, 6.07) is 9.27. The maximum atomic E-state index is 11.1. The molecule has 1 aromatic carbocycles. The molecule has 1 aromatic rings. The second kappa shape index (κ2) is 6.83. The molecule has 0 atom stereocenters. The fourth-order valence-electron chi connectivity index (χ4n) is 1.59. The van der Waals surface area contributed by atoms with Crippen molar-refractivity contribution in [2.75, 3.05) is 0 Å². The van der Waals surface area contributed by atoms with Crippen LogP contribution in [0.3, 0.4) is 0 Å². The molecule has 0 saturated heterocycles. The van der Waals surface area contributed by atoms with Crippen LogP contribution in [0.4, 0.5) is 0 Å². The maximum absolute atomic E-state index is 11.1. The van der Waals surface area contributed by atoms with Crippen LogP contribution >= 0.6 is 0 Å². The van der Waals surface area contributed by atoms with E-state index < -0.39 is 5.97 Å². The smallest absolute Gasteiger partial charge is 0.335 e. The van der Waals surface area contributed by atoms with Gasteiger partial charge in [-0.1, -0.05) is 56.2 Å². The van der Waals surface area contributed by atoms with Crippen LogP contribution in [0.25, 0.3) is 5.57 Å². The van der Waals surface area contributed by atoms with Crippen molar-refractivity contribution in [1.82, 2.24) is 0 Å². The average molecular weight is 218 g/mol. The van der Waals surface area contributed by atoms with Crippen molar-refractivity contribution in [3.8, 4) is 0 Å². The lowest BCUT2D eigenvalue weighted by atomic mass is 10.0. The molecule has 1 N–H and O–H groups in total. The third-order valence-corrected chi connectivity index (χ3v) is 2.47. The van der Waals surface area contributed by atoms with Crippen LogP contribution in [0.2, 0.25) is 0 Å². The minimum absolute atomic E-state index is 0.414. The van der Waals surface area contributed by atoms with E-state index in [-0.39, 0.29) is 0 Å². The van der Waals surface area contributed by atoms with Gasteiger partial charge < -0.3 is 5.11 Å². The van der Waals surface area contributed by atoms with Crippen LogP contribution in [0.15, 0.2) is 36.4 Å². The molecule has 0 saturated carbocycles. The van der Waals surface area contributed by atoms with Crippen molar-refractivity contribution in [3.05, 3.63) is 42.0 Å². The lowest BCUT2D eigenvalue weighted by Gasteiger charge is -2.02. The Bertz CT molecular complexity index is 352. The summed E-state index contributed by atoms with van der Waals surface area (Å²) in [5.41, 5.74) is 1.20. The first-order valence-electron chi connectivity index (χ1n) is 5.74. The van der Waals surface area contributed by atoms with E-state index in [0.29, 0.717) is 5.57 Å². The van der Waals surface area contributed by atoms with Crippen molar-refractivity contribution in [1.29, 1.82) is 0 Å². The van der Waals surface area contributed by atoms with E-state index in [0.717, 1.165) is 31.2 Å². The van der Waals surface area contributed by atoms with Gasteiger partial charge in [0.05, 0.1) is 5.57 Å². The van der Waals surface area contributed by atoms with Crippen LogP contribution in [0, 0.1) is 0 Å². The first-order chi connectivity index (χ1) is 7.75. The van der Waals surface area contributed by atoms with Gasteiger partial charge in [0.15, 0.2) is 0 Å². The number of allylic oxidation sites excluding steroid dienone is 1. The Hall–Kier alpha value is -1.57. The number of aliphatic carboxylic acids is 1. The minimum atomic E-state index is -0.845. The number of carboxylic acids is 1. The van der Waals surface area contributed by atoms with Crippen LogP contribution in [0.5, 0.6) is 0 Å². The van der Waals surface area contributed by atoms with Crippen molar-refractivity contribution in [2.24, 2.45) is 0 Å². The summed E-state index contributed by atoms with van der Waals surface area (Å²) >= 11 is 0. The Balaban J connectivity index is 2.72. The van der Waals surface area contributed by atoms with Crippen molar-refractivity contribution >= 4 is 11.5 Å². The molecule has 2 nitrogen and oxygen atoms in total. The number of carbonyl (C=O) groups is 1. The van der Waals surface area contributed by atoms with Gasteiger partial charge >= 0.3 is 5.97 Å². The van der Waals surface area contributed by atoms with E-state index in [1.54, 1.807) is 0 Å². The Morgan fingerprint density at radius 2 is 1.94 bits per heavy atom. The van der Waals surface area contributed by atoms with E-state index in [4.69, 9.17) is 5.11 Å². The summed E-state index contributed by atoms with van der Waals surface area (Å²) in [5.74, 6) is -0.845. The molecule has 0 aliphatic heterocycles. The van der Waals surface area contributed by atoms with Crippen LogP contribution in [-0.4, -0.2) is 11.1 Å². The highest BCUT2D eigenvalue weighted by Crippen LogP contribution is 2.16. The normalized spacial score (nSPS) is 11.4. The Labute approximate surface area is 96.6 Å². The summed E-state index contributed by atoms with van der Waals surface area (Å²) in [5, 5.41) is 9.11. The summed E-state index contributed by atoms with van der Waals surface area (Å²) in [4.78, 5) is 11.1. The van der Waals surface area contributed by atoms with Crippen molar-refractivity contribution in [2.45, 2.75) is 32.6 Å². The van der Waals surface area contributed by atoms with E-state index in [9.17, 15) is 4.79 Å². The quantitative estimate of drug-likeness (QED) is 0.583. The van der Waals surface area contributed by atoms with Crippen LogP contribution in [0.1, 0.15) is 38.2 Å². The largest absolute Gasteiger partial charge is 0.478 e. The third kappa shape index (κ3) is 3.89. The Morgan fingerprint density at radius 1 is 1.25 bits per heavy atom. The van der Waals surface area contributed by atoms with Gasteiger partial charge in [0, 0.05) is 0 Å². The number of hydrogen-bond donors (Lipinski definition) is 1. The van der Waals surface area contributed by atoms with Gasteiger partial charge in [-0.25, -0.2) is 4.79 Å². The van der Waals surface area contributed by atoms with Crippen LogP contribution < -0.4 is 0 Å². The van der Waals surface area contributed by atoms with Crippen molar-refractivity contribution < 1.29 is 9.90 Å². The topological polar surface area (TPSA) is 37.3 Å². The van der Waals surface area contributed by atoms with Crippen molar-refractivity contribution in [3.63, 3.8) is 0 Å². The summed E-state index contributed by atoms with van der Waals surface area (Å²) in [7, 11) is 0. The number of hydrogen-bond acceptors (Lipinski definition) is 1. The predicted molar refractivity (Wildman–Crippen MR) is 66.2 cm³/mol. The molecule has 0 amide bonds. The van der Waals surface area contributed by atoms with E-state index in [2.05, 4.69) is 6.92 Å². The number of benzene rings is 1. The van der Waals surface area contributed by atoms with Crippen LogP contribution in [-0.2, 0) is 4.79 Å². The van der Waals surface area contributed by atoms with Gasteiger partial charge in [-0.3, -0.25) is 0 Å². The number of unbranched alkanes of at least 4 members (excludes halogenated alkanes) is 3. The Morgan fingerprint density at radius 3 is 2.50 bits per heavy atom. The number of carboxylic acid groups (broad SMARTS) is 1. The van der Waals surface area contributed by atoms with Gasteiger partial charge in [-0.05, 0) is 18.4 Å². The van der Waals surface area contributed by atoms with E-state index in [1.165, 1.54) is 0 Å². The summed E-state index contributed by atoms with van der Waals surface area (Å²) in [6.07, 6.45) is 6.03. The zero-order chi connectivity index (χ0) is 11.8. The summed E-state index contributed by atoms with van der Waals surface area (Å²) < 4.78 is 0. The van der Waals surface area contributed by atoms with Gasteiger partial charge in [0.1, 0.15) is 0 Å². The molecule has 0 radical (unpaired) electrons. The lowest BCUT2D eigenvalue weighted by Crippen LogP contribution is -1.99. The molecule has 0 aliphatic rings. The molecule has 0 aliphatic carbocycles. The fraction of sp³-hybridized carbons (Fsp3) is 0.357. The molecular formula is C14H18O2. The number of rotatable bonds is 6. The molecule has 0 spiro atoms. The molecular weight excluding hydrogens is 200 g/mol. The molecule has 2 heteroatoms. The predicted octanol–water partition coefficient (Wildman–Crippen LogP) is 3.73. The van der Waals surface area contributed by atoms with Gasteiger partial charge in [0.2, 0.25) is 0 Å². The first-order valence-corrected chi connectivity index (χ1v) is 5.74. The van der Waals surface area contributed by atoms with Gasteiger partial charge in [-0.2, -0.15) is 0 Å². The Kier molecular flexibility index (Phi) is 5.34. The lowest BCUT2D eigenvalue weighted by molar-refractivity contribution is -0.130. The SMILES string of the molecule is CCCCC/C=C(/C(=O)O)c1ccccc1. The second-order valence-electron chi connectivity index (χ2n) is 3.78. The average Bonchev–Trinajstić information content (AvgIpc) is 2.30. The third-order valence-electron chi connectivity index (χ3n) is 2.47. The molecule has 1 rings (SSSR count). The highest BCUT2D eigenvalue weighted by Gasteiger charge is 2.08. The second-order valence-corrected chi connectivity index (χ2v) is 3.78. The monoisotopic (exact) mass is 218 g/mol. The van der Waals surface area contributed by atoms with E-state index >= 15 is 0 Å². The molecule has 0 unspecified atom stereocenters. The maximum Gasteiger partial charge on any atom is 0.335 e. The fourth-order valence-corrected chi connectivity index (χ4v) is 1.59. The highest BCUT2D eigenvalue weighted by molar-refractivity contribution is 6.15. The molecule has 0 fully saturated rings. The molecule has 0 aromatic heterocycles. The molecule has 16 heavy (non-hydrogen) atoms. The minimum Gasteiger partial charge on any atom is -0.478 e. The summed E-state index contributed by atoms with van der Waals surface area (Å²) in [6.45, 7) is 2.14. The van der Waals surface area contributed by atoms with Gasteiger partial charge in [-0.15, -0.1) is 0 Å². The van der Waals surface area contributed by atoms with Gasteiger partial charge in [0.25, 0.3) is 0 Å². The molecule has 0 heterocycles. The van der Waals surface area contributed by atoms with E-state index in [1.807, 2.05) is 36.4 Å². The highest BCUT2D eigenvalue weighted by atomic mass is 16.4. The molecule has 0 bridgehead atoms. The zero-order valence-corrected chi connectivity index (χ0v) is 9.65. The standard InChI is InChI=1S/C14H18O2/c1-2-3-4-8-11-13(14(15)16)12-9-6-5-7-10-12/h5-7,9-11H,2-4,8H2,1H3,(H,15,16)/b13-11+. The first kappa shape index (κ1) is 12.5. The zero-order valence-electron chi connectivity index (χ0n) is 9.65. The molecule has 86 valence electrons.